The smallest absolute Gasteiger partial charge is 0.251 e. The van der Waals surface area contributed by atoms with E-state index in [4.69, 9.17) is 16.3 Å². The van der Waals surface area contributed by atoms with Crippen molar-refractivity contribution in [2.75, 3.05) is 44.7 Å². The van der Waals surface area contributed by atoms with Crippen LogP contribution in [0, 0.1) is 0 Å². The van der Waals surface area contributed by atoms with Gasteiger partial charge in [0.1, 0.15) is 5.75 Å². The van der Waals surface area contributed by atoms with Crippen molar-refractivity contribution in [1.82, 2.24) is 10.2 Å². The van der Waals surface area contributed by atoms with Crippen molar-refractivity contribution in [2.45, 2.75) is 12.8 Å². The molecule has 2 amide bonds. The van der Waals surface area contributed by atoms with Crippen molar-refractivity contribution in [3.05, 3.63) is 59.1 Å². The topological polar surface area (TPSA) is 61.9 Å². The molecular weight excluding hydrogens is 390 g/mol. The second-order valence-electron chi connectivity index (χ2n) is 6.93. The predicted octanol–water partition coefficient (Wildman–Crippen LogP) is 3.21. The summed E-state index contributed by atoms with van der Waals surface area (Å²) in [6, 6.07) is 14.7. The molecule has 1 saturated heterocycles. The number of benzene rings is 2. The third-order valence-electron chi connectivity index (χ3n) is 5.03. The van der Waals surface area contributed by atoms with Crippen LogP contribution in [0.5, 0.6) is 5.75 Å². The molecule has 154 valence electrons. The molecule has 0 bridgehead atoms. The van der Waals surface area contributed by atoms with Crippen LogP contribution in [0.25, 0.3) is 0 Å². The van der Waals surface area contributed by atoms with Crippen LogP contribution in [0.3, 0.4) is 0 Å². The predicted molar refractivity (Wildman–Crippen MR) is 115 cm³/mol. The number of carbonyl (C=O) groups excluding carboxylic acids is 2. The highest BCUT2D eigenvalue weighted by molar-refractivity contribution is 6.30. The van der Waals surface area contributed by atoms with Crippen molar-refractivity contribution in [2.24, 2.45) is 0 Å². The molecule has 2 aromatic rings. The van der Waals surface area contributed by atoms with Crippen LogP contribution >= 0.6 is 11.6 Å². The normalized spacial score (nSPS) is 13.9. The van der Waals surface area contributed by atoms with E-state index in [0.29, 0.717) is 43.1 Å². The summed E-state index contributed by atoms with van der Waals surface area (Å²) in [6.07, 6.45) is 1.06. The Balaban J connectivity index is 1.36. The van der Waals surface area contributed by atoms with Gasteiger partial charge in [0.15, 0.2) is 0 Å². The first-order valence-corrected chi connectivity index (χ1v) is 10.1. The number of halogens is 1. The van der Waals surface area contributed by atoms with Gasteiger partial charge in [-0.2, -0.15) is 0 Å². The maximum atomic E-state index is 12.4. The van der Waals surface area contributed by atoms with E-state index in [0.717, 1.165) is 24.5 Å². The summed E-state index contributed by atoms with van der Waals surface area (Å²) in [5.41, 5.74) is 1.71. The molecule has 6 nitrogen and oxygen atoms in total. The number of nitrogens with one attached hydrogen (secondary N) is 1. The highest BCUT2D eigenvalue weighted by Gasteiger charge is 2.21. The third-order valence-corrected chi connectivity index (χ3v) is 5.28. The number of hydrogen-bond acceptors (Lipinski definition) is 4. The number of carbonyl (C=O) groups is 2. The van der Waals surface area contributed by atoms with E-state index in [1.54, 1.807) is 31.4 Å². The van der Waals surface area contributed by atoms with Gasteiger partial charge in [-0.05, 0) is 55.0 Å². The standard InChI is InChI=1S/C22H26ClN3O3/c1-29-20-10-8-19(9-11-20)25-13-15-26(16-14-25)21(27)3-2-12-24-22(28)17-4-6-18(23)7-5-17/h4-11H,2-3,12-16H2,1H3,(H,24,28). The summed E-state index contributed by atoms with van der Waals surface area (Å²) in [6.45, 7) is 3.51. The second-order valence-corrected chi connectivity index (χ2v) is 7.37. The van der Waals surface area contributed by atoms with Crippen molar-refractivity contribution >= 4 is 29.1 Å². The van der Waals surface area contributed by atoms with E-state index in [1.807, 2.05) is 29.2 Å². The van der Waals surface area contributed by atoms with Crippen LogP contribution in [-0.4, -0.2) is 56.5 Å². The molecule has 0 unspecified atom stereocenters. The van der Waals surface area contributed by atoms with Gasteiger partial charge in [-0.15, -0.1) is 0 Å². The van der Waals surface area contributed by atoms with Crippen LogP contribution in [-0.2, 0) is 4.79 Å². The van der Waals surface area contributed by atoms with Crippen molar-refractivity contribution in [3.8, 4) is 5.75 Å². The van der Waals surface area contributed by atoms with Gasteiger partial charge in [0.2, 0.25) is 5.91 Å². The molecule has 1 aliphatic heterocycles. The molecule has 0 atom stereocenters. The van der Waals surface area contributed by atoms with Crippen molar-refractivity contribution in [1.29, 1.82) is 0 Å². The highest BCUT2D eigenvalue weighted by Crippen LogP contribution is 2.20. The molecule has 29 heavy (non-hydrogen) atoms. The second kappa shape index (κ2) is 10.2. The maximum absolute atomic E-state index is 12.4. The fraction of sp³-hybridized carbons (Fsp3) is 0.364. The minimum atomic E-state index is -0.151. The van der Waals surface area contributed by atoms with E-state index >= 15 is 0 Å². The lowest BCUT2D eigenvalue weighted by Crippen LogP contribution is -2.48. The minimum absolute atomic E-state index is 0.139. The number of anilines is 1. The first-order chi connectivity index (χ1) is 14.1. The van der Waals surface area contributed by atoms with E-state index in [-0.39, 0.29) is 11.8 Å². The van der Waals surface area contributed by atoms with E-state index in [9.17, 15) is 9.59 Å². The molecule has 0 spiro atoms. The lowest BCUT2D eigenvalue weighted by Gasteiger charge is -2.36. The number of methoxy groups -OCH3 is 1. The molecule has 2 aromatic carbocycles. The zero-order chi connectivity index (χ0) is 20.6. The molecule has 0 aromatic heterocycles. The van der Waals surface area contributed by atoms with Crippen LogP contribution in [0.2, 0.25) is 5.02 Å². The minimum Gasteiger partial charge on any atom is -0.497 e. The Hall–Kier alpha value is -2.73. The average Bonchev–Trinajstić information content (AvgIpc) is 2.77. The molecule has 0 radical (unpaired) electrons. The number of nitrogens with zero attached hydrogens (tertiary/aromatic N) is 2. The Labute approximate surface area is 176 Å². The molecular formula is C22H26ClN3O3. The lowest BCUT2D eigenvalue weighted by molar-refractivity contribution is -0.131. The molecule has 7 heteroatoms. The Bertz CT molecular complexity index is 816. The molecule has 1 N–H and O–H groups in total. The van der Waals surface area contributed by atoms with Crippen LogP contribution in [0.15, 0.2) is 48.5 Å². The highest BCUT2D eigenvalue weighted by atomic mass is 35.5. The van der Waals surface area contributed by atoms with Gasteiger partial charge in [0.05, 0.1) is 7.11 Å². The van der Waals surface area contributed by atoms with Gasteiger partial charge in [-0.3, -0.25) is 9.59 Å². The monoisotopic (exact) mass is 415 g/mol. The third kappa shape index (κ3) is 5.87. The zero-order valence-corrected chi connectivity index (χ0v) is 17.3. The summed E-state index contributed by atoms with van der Waals surface area (Å²) in [5.74, 6) is 0.827. The Kier molecular flexibility index (Phi) is 7.36. The summed E-state index contributed by atoms with van der Waals surface area (Å²) in [5, 5.41) is 3.44. The number of piperazine rings is 1. The summed E-state index contributed by atoms with van der Waals surface area (Å²) in [4.78, 5) is 28.7. The van der Waals surface area contributed by atoms with Crippen molar-refractivity contribution < 1.29 is 14.3 Å². The van der Waals surface area contributed by atoms with Gasteiger partial charge in [-0.1, -0.05) is 11.6 Å². The lowest BCUT2D eigenvalue weighted by atomic mass is 10.2. The first-order valence-electron chi connectivity index (χ1n) is 9.77. The van der Waals surface area contributed by atoms with Crippen molar-refractivity contribution in [3.63, 3.8) is 0 Å². The van der Waals surface area contributed by atoms with Gasteiger partial charge in [0, 0.05) is 55.4 Å². The van der Waals surface area contributed by atoms with E-state index < -0.39 is 0 Å². The fourth-order valence-corrected chi connectivity index (χ4v) is 3.44. The molecule has 0 saturated carbocycles. The largest absolute Gasteiger partial charge is 0.497 e. The van der Waals surface area contributed by atoms with Gasteiger partial charge >= 0.3 is 0 Å². The molecule has 1 aliphatic rings. The summed E-state index contributed by atoms with van der Waals surface area (Å²) < 4.78 is 5.19. The van der Waals surface area contributed by atoms with Gasteiger partial charge < -0.3 is 19.9 Å². The maximum Gasteiger partial charge on any atom is 0.251 e. The average molecular weight is 416 g/mol. The first kappa shape index (κ1) is 21.0. The van der Waals surface area contributed by atoms with Crippen LogP contribution in [0.4, 0.5) is 5.69 Å². The number of hydrogen-bond donors (Lipinski definition) is 1. The van der Waals surface area contributed by atoms with Crippen LogP contribution < -0.4 is 15.0 Å². The SMILES string of the molecule is COc1ccc(N2CCN(C(=O)CCCNC(=O)c3ccc(Cl)cc3)CC2)cc1. The molecule has 3 rings (SSSR count). The van der Waals surface area contributed by atoms with E-state index in [1.165, 1.54) is 0 Å². The molecule has 1 fully saturated rings. The van der Waals surface area contributed by atoms with E-state index in [2.05, 4.69) is 10.2 Å². The number of rotatable bonds is 7. The van der Waals surface area contributed by atoms with Gasteiger partial charge in [-0.25, -0.2) is 0 Å². The summed E-state index contributed by atoms with van der Waals surface area (Å²) in [7, 11) is 1.66. The van der Waals surface area contributed by atoms with Gasteiger partial charge in [0.25, 0.3) is 5.91 Å². The quantitative estimate of drug-likeness (QED) is 0.705. The Morgan fingerprint density at radius 2 is 1.66 bits per heavy atom. The number of ether oxygens (including phenoxy) is 1. The fourth-order valence-electron chi connectivity index (χ4n) is 3.31. The van der Waals surface area contributed by atoms with Crippen LogP contribution in [0.1, 0.15) is 23.2 Å². The Morgan fingerprint density at radius 1 is 1.00 bits per heavy atom. The number of amides is 2. The zero-order valence-electron chi connectivity index (χ0n) is 16.6. The molecule has 0 aliphatic carbocycles. The Morgan fingerprint density at radius 3 is 2.28 bits per heavy atom. The molecule has 1 heterocycles. The summed E-state index contributed by atoms with van der Waals surface area (Å²) >= 11 is 5.83.